The molecule has 0 aliphatic carbocycles. The number of nitrogens with zero attached hydrogens (tertiary/aromatic N) is 1. The molecule has 0 unspecified atom stereocenters. The van der Waals surface area contributed by atoms with Crippen LogP contribution in [0.25, 0.3) is 0 Å². The van der Waals surface area contributed by atoms with Crippen LogP contribution in [-0.2, 0) is 0 Å². The SMILES string of the molecule is Cc1onc(C(N)=O)c1C(N)=O. The molecule has 2 amide bonds. The molecule has 1 aromatic rings. The van der Waals surface area contributed by atoms with Gasteiger partial charge in [-0.05, 0) is 6.92 Å². The number of hydrogen-bond acceptors (Lipinski definition) is 4. The molecule has 0 atom stereocenters. The maximum absolute atomic E-state index is 10.7. The van der Waals surface area contributed by atoms with Crippen molar-refractivity contribution in [3.8, 4) is 0 Å². The van der Waals surface area contributed by atoms with Crippen molar-refractivity contribution >= 4 is 11.8 Å². The maximum Gasteiger partial charge on any atom is 0.271 e. The second kappa shape index (κ2) is 2.65. The lowest BCUT2D eigenvalue weighted by Crippen LogP contribution is -2.20. The zero-order valence-electron chi connectivity index (χ0n) is 6.33. The maximum atomic E-state index is 10.7. The lowest BCUT2D eigenvalue weighted by atomic mass is 10.2. The van der Waals surface area contributed by atoms with E-state index < -0.39 is 11.8 Å². The summed E-state index contributed by atoms with van der Waals surface area (Å²) in [4.78, 5) is 21.4. The molecule has 4 N–H and O–H groups in total. The van der Waals surface area contributed by atoms with E-state index in [-0.39, 0.29) is 17.0 Å². The standard InChI is InChI=1S/C6H7N3O3/c1-2-3(5(7)10)4(6(8)11)9-12-2/h1H3,(H2,7,10)(H2,8,11). The van der Waals surface area contributed by atoms with Crippen molar-refractivity contribution in [3.05, 3.63) is 17.0 Å². The zero-order chi connectivity index (χ0) is 9.30. The van der Waals surface area contributed by atoms with Gasteiger partial charge in [0.2, 0.25) is 0 Å². The quantitative estimate of drug-likeness (QED) is 0.602. The Balaban J connectivity index is 3.31. The summed E-state index contributed by atoms with van der Waals surface area (Å²) in [7, 11) is 0. The first kappa shape index (κ1) is 8.25. The molecule has 1 heterocycles. The van der Waals surface area contributed by atoms with E-state index in [1.54, 1.807) is 0 Å². The van der Waals surface area contributed by atoms with Crippen molar-refractivity contribution < 1.29 is 14.1 Å². The minimum Gasteiger partial charge on any atom is -0.365 e. The van der Waals surface area contributed by atoms with Gasteiger partial charge in [0.05, 0.1) is 0 Å². The molecule has 0 fully saturated rings. The Hall–Kier alpha value is -1.85. The molecule has 0 aromatic carbocycles. The molecule has 1 aromatic heterocycles. The lowest BCUT2D eigenvalue weighted by molar-refractivity contribution is 0.0964. The van der Waals surface area contributed by atoms with E-state index >= 15 is 0 Å². The molecule has 12 heavy (non-hydrogen) atoms. The fraction of sp³-hybridized carbons (Fsp3) is 0.167. The van der Waals surface area contributed by atoms with E-state index in [2.05, 4.69) is 9.68 Å². The number of carbonyl (C=O) groups excluding carboxylic acids is 2. The van der Waals surface area contributed by atoms with Gasteiger partial charge >= 0.3 is 0 Å². The van der Waals surface area contributed by atoms with Crippen LogP contribution in [-0.4, -0.2) is 17.0 Å². The van der Waals surface area contributed by atoms with Crippen molar-refractivity contribution in [2.45, 2.75) is 6.92 Å². The van der Waals surface area contributed by atoms with Crippen LogP contribution in [0.4, 0.5) is 0 Å². The third kappa shape index (κ3) is 1.14. The van der Waals surface area contributed by atoms with Crippen LogP contribution in [0.3, 0.4) is 0 Å². The van der Waals surface area contributed by atoms with E-state index in [1.807, 2.05) is 0 Å². The highest BCUT2D eigenvalue weighted by atomic mass is 16.5. The van der Waals surface area contributed by atoms with Gasteiger partial charge in [0, 0.05) is 0 Å². The van der Waals surface area contributed by atoms with Crippen molar-refractivity contribution in [3.63, 3.8) is 0 Å². The summed E-state index contributed by atoms with van der Waals surface area (Å²) in [5.74, 6) is -1.42. The van der Waals surface area contributed by atoms with Gasteiger partial charge in [-0.15, -0.1) is 0 Å². The van der Waals surface area contributed by atoms with Crippen molar-refractivity contribution in [2.24, 2.45) is 11.5 Å². The summed E-state index contributed by atoms with van der Waals surface area (Å²) < 4.78 is 4.57. The molecule has 0 bridgehead atoms. The molecule has 0 saturated heterocycles. The third-order valence-corrected chi connectivity index (χ3v) is 1.34. The second-order valence-electron chi connectivity index (χ2n) is 2.19. The Labute approximate surface area is 67.5 Å². The first-order chi connectivity index (χ1) is 5.54. The number of rotatable bonds is 2. The van der Waals surface area contributed by atoms with E-state index in [4.69, 9.17) is 11.5 Å². The highest BCUT2D eigenvalue weighted by Crippen LogP contribution is 2.11. The summed E-state index contributed by atoms with van der Waals surface area (Å²) in [5, 5.41) is 3.29. The smallest absolute Gasteiger partial charge is 0.271 e. The lowest BCUT2D eigenvalue weighted by Gasteiger charge is -1.90. The van der Waals surface area contributed by atoms with Crippen LogP contribution in [0.15, 0.2) is 4.52 Å². The first-order valence-electron chi connectivity index (χ1n) is 3.10. The molecule has 0 radical (unpaired) electrons. The summed E-state index contributed by atoms with van der Waals surface area (Å²) in [6.07, 6.45) is 0. The van der Waals surface area contributed by atoms with E-state index in [9.17, 15) is 9.59 Å². The van der Waals surface area contributed by atoms with Gasteiger partial charge in [0.25, 0.3) is 11.8 Å². The predicted molar refractivity (Wildman–Crippen MR) is 38.3 cm³/mol. The van der Waals surface area contributed by atoms with Gasteiger partial charge in [0.15, 0.2) is 5.69 Å². The van der Waals surface area contributed by atoms with Crippen LogP contribution in [0, 0.1) is 6.92 Å². The van der Waals surface area contributed by atoms with Crippen LogP contribution in [0.1, 0.15) is 26.6 Å². The summed E-state index contributed by atoms with van der Waals surface area (Å²) in [6, 6.07) is 0. The zero-order valence-corrected chi connectivity index (χ0v) is 6.33. The molecular weight excluding hydrogens is 162 g/mol. The van der Waals surface area contributed by atoms with Gasteiger partial charge in [0.1, 0.15) is 11.3 Å². The van der Waals surface area contributed by atoms with Gasteiger partial charge < -0.3 is 16.0 Å². The highest BCUT2D eigenvalue weighted by Gasteiger charge is 2.21. The van der Waals surface area contributed by atoms with Crippen LogP contribution in [0.5, 0.6) is 0 Å². The van der Waals surface area contributed by atoms with E-state index in [0.717, 1.165) is 0 Å². The van der Waals surface area contributed by atoms with Gasteiger partial charge in [-0.1, -0.05) is 5.16 Å². The third-order valence-electron chi connectivity index (χ3n) is 1.34. The Morgan fingerprint density at radius 1 is 1.33 bits per heavy atom. The van der Waals surface area contributed by atoms with Crippen molar-refractivity contribution in [1.82, 2.24) is 5.16 Å². The number of amides is 2. The number of hydrogen-bond donors (Lipinski definition) is 2. The van der Waals surface area contributed by atoms with E-state index in [0.29, 0.717) is 0 Å². The fourth-order valence-electron chi connectivity index (χ4n) is 0.831. The average Bonchev–Trinajstić information content (AvgIpc) is 2.30. The van der Waals surface area contributed by atoms with Crippen LogP contribution < -0.4 is 11.5 Å². The Morgan fingerprint density at radius 2 is 1.92 bits per heavy atom. The number of aromatic nitrogens is 1. The number of aryl methyl sites for hydroxylation is 1. The minimum absolute atomic E-state index is 0.0532. The number of carbonyl (C=O) groups is 2. The van der Waals surface area contributed by atoms with Gasteiger partial charge in [-0.2, -0.15) is 0 Å². The molecule has 64 valence electrons. The fourth-order valence-corrected chi connectivity index (χ4v) is 0.831. The topological polar surface area (TPSA) is 112 Å². The molecule has 0 aliphatic rings. The molecule has 0 aliphatic heterocycles. The normalized spacial score (nSPS) is 9.75. The number of primary amides is 2. The van der Waals surface area contributed by atoms with Crippen molar-refractivity contribution in [1.29, 1.82) is 0 Å². The summed E-state index contributed by atoms with van der Waals surface area (Å²) >= 11 is 0. The van der Waals surface area contributed by atoms with E-state index in [1.165, 1.54) is 6.92 Å². The largest absolute Gasteiger partial charge is 0.365 e. The molecule has 6 nitrogen and oxygen atoms in total. The Morgan fingerprint density at radius 3 is 2.25 bits per heavy atom. The van der Waals surface area contributed by atoms with Gasteiger partial charge in [-0.3, -0.25) is 9.59 Å². The monoisotopic (exact) mass is 169 g/mol. The average molecular weight is 169 g/mol. The van der Waals surface area contributed by atoms with Crippen molar-refractivity contribution in [2.75, 3.05) is 0 Å². The molecule has 6 heteroatoms. The van der Waals surface area contributed by atoms with Crippen LogP contribution >= 0.6 is 0 Å². The summed E-state index contributed by atoms with van der Waals surface area (Å²) in [6.45, 7) is 1.47. The molecular formula is C6H7N3O3. The molecule has 0 saturated carbocycles. The molecule has 0 spiro atoms. The first-order valence-corrected chi connectivity index (χ1v) is 3.10. The van der Waals surface area contributed by atoms with Gasteiger partial charge in [-0.25, -0.2) is 0 Å². The highest BCUT2D eigenvalue weighted by molar-refractivity contribution is 6.05. The minimum atomic E-state index is -0.833. The predicted octanol–water partition coefficient (Wildman–Crippen LogP) is -0.819. The van der Waals surface area contributed by atoms with Crippen LogP contribution in [0.2, 0.25) is 0 Å². The number of nitrogens with two attached hydrogens (primary N) is 2. The summed E-state index contributed by atoms with van der Waals surface area (Å²) in [5.41, 5.74) is 9.57. The Kier molecular flexibility index (Phi) is 1.82. The Bertz CT molecular complexity index is 342. The second-order valence-corrected chi connectivity index (χ2v) is 2.19. The molecule has 1 rings (SSSR count).